The first-order valence-electron chi connectivity index (χ1n) is 10.5. The third-order valence-electron chi connectivity index (χ3n) is 5.33. The van der Waals surface area contributed by atoms with E-state index < -0.39 is 19.4 Å². The summed E-state index contributed by atoms with van der Waals surface area (Å²) in [6, 6.07) is 17.0. The summed E-state index contributed by atoms with van der Waals surface area (Å²) in [7, 11) is -3.87. The number of hydrogen-bond donors (Lipinski definition) is 2. The fourth-order valence-electron chi connectivity index (χ4n) is 2.90. The van der Waals surface area contributed by atoms with Crippen molar-refractivity contribution in [1.82, 2.24) is 5.32 Å². The Morgan fingerprint density at radius 2 is 1.33 bits per heavy atom. The third kappa shape index (κ3) is 6.35. The van der Waals surface area contributed by atoms with Gasteiger partial charge in [0.1, 0.15) is 11.5 Å². The SMILES string of the molecule is CCC(C)C(NC(=O)[C@@H](N)C(C)CC)P(=O)(Oc1ccccc1)Oc1ccccc1. The van der Waals surface area contributed by atoms with E-state index in [1.165, 1.54) is 0 Å². The fraction of sp³-hybridized carbons (Fsp3) is 0.435. The van der Waals surface area contributed by atoms with Crippen molar-refractivity contribution in [2.75, 3.05) is 0 Å². The van der Waals surface area contributed by atoms with Gasteiger partial charge in [-0.15, -0.1) is 0 Å². The van der Waals surface area contributed by atoms with E-state index in [1.54, 1.807) is 48.5 Å². The van der Waals surface area contributed by atoms with Gasteiger partial charge in [-0.25, -0.2) is 4.57 Å². The van der Waals surface area contributed by atoms with Gasteiger partial charge in [0, 0.05) is 0 Å². The van der Waals surface area contributed by atoms with Gasteiger partial charge in [-0.1, -0.05) is 76.9 Å². The maximum atomic E-state index is 14.2. The molecule has 3 unspecified atom stereocenters. The lowest BCUT2D eigenvalue weighted by atomic mass is 9.99. The molecule has 0 aliphatic carbocycles. The van der Waals surface area contributed by atoms with Gasteiger partial charge >= 0.3 is 7.60 Å². The molecular weight excluding hydrogens is 399 g/mol. The minimum Gasteiger partial charge on any atom is -0.415 e. The number of rotatable bonds is 11. The van der Waals surface area contributed by atoms with E-state index in [2.05, 4.69) is 5.32 Å². The van der Waals surface area contributed by atoms with Gasteiger partial charge in [-0.3, -0.25) is 4.79 Å². The van der Waals surface area contributed by atoms with Crippen LogP contribution in [0.4, 0.5) is 0 Å². The average molecular weight is 433 g/mol. The molecule has 0 aliphatic heterocycles. The molecule has 2 aromatic carbocycles. The second-order valence-corrected chi connectivity index (χ2v) is 9.60. The Balaban J connectivity index is 2.41. The zero-order valence-electron chi connectivity index (χ0n) is 18.2. The van der Waals surface area contributed by atoms with Crippen molar-refractivity contribution >= 4 is 13.5 Å². The first kappa shape index (κ1) is 24.0. The van der Waals surface area contributed by atoms with Crippen molar-refractivity contribution in [3.8, 4) is 11.5 Å². The van der Waals surface area contributed by atoms with Crippen molar-refractivity contribution in [2.24, 2.45) is 17.6 Å². The van der Waals surface area contributed by atoms with Crippen LogP contribution < -0.4 is 20.1 Å². The molecule has 0 aliphatic rings. The van der Waals surface area contributed by atoms with Crippen LogP contribution in [-0.4, -0.2) is 17.7 Å². The summed E-state index contributed by atoms with van der Waals surface area (Å²) >= 11 is 0. The predicted octanol–water partition coefficient (Wildman–Crippen LogP) is 5.20. The highest BCUT2D eigenvalue weighted by Gasteiger charge is 2.44. The molecule has 30 heavy (non-hydrogen) atoms. The van der Waals surface area contributed by atoms with E-state index in [-0.39, 0.29) is 17.7 Å². The predicted molar refractivity (Wildman–Crippen MR) is 121 cm³/mol. The summed E-state index contributed by atoms with van der Waals surface area (Å²) in [5.74, 6) is -0.576. The van der Waals surface area contributed by atoms with Gasteiger partial charge in [0.25, 0.3) is 0 Å². The Morgan fingerprint density at radius 3 is 1.73 bits per heavy atom. The van der Waals surface area contributed by atoms with Crippen molar-refractivity contribution in [2.45, 2.75) is 52.4 Å². The molecule has 0 radical (unpaired) electrons. The highest BCUT2D eigenvalue weighted by Crippen LogP contribution is 2.54. The number of carbonyl (C=O) groups is 1. The third-order valence-corrected chi connectivity index (χ3v) is 7.58. The van der Waals surface area contributed by atoms with Crippen molar-refractivity contribution in [1.29, 1.82) is 0 Å². The fourth-order valence-corrected chi connectivity index (χ4v) is 5.11. The molecule has 7 heteroatoms. The van der Waals surface area contributed by atoms with E-state index in [9.17, 15) is 9.36 Å². The molecule has 0 heterocycles. The first-order chi connectivity index (χ1) is 14.3. The highest BCUT2D eigenvalue weighted by atomic mass is 31.2. The minimum atomic E-state index is -3.87. The Labute approximate surface area is 179 Å². The van der Waals surface area contributed by atoms with Gasteiger partial charge in [-0.05, 0) is 36.1 Å². The number of nitrogens with two attached hydrogens (primary N) is 1. The molecule has 164 valence electrons. The van der Waals surface area contributed by atoms with Crippen LogP contribution >= 0.6 is 7.60 Å². The molecule has 0 aromatic heterocycles. The molecule has 0 saturated heterocycles. The second-order valence-electron chi connectivity index (χ2n) is 7.60. The Bertz CT molecular complexity index is 786. The van der Waals surface area contributed by atoms with Crippen LogP contribution in [-0.2, 0) is 9.36 Å². The minimum absolute atomic E-state index is 0.00736. The standard InChI is InChI=1S/C23H33N2O4P/c1-5-17(3)21(24)22(26)25-23(18(4)6-2)30(27,28-19-13-9-7-10-14-19)29-20-15-11-8-12-16-20/h7-18,21,23H,5-6,24H2,1-4H3,(H,25,26)/t17?,18?,21-,23?/m0/s1. The van der Waals surface area contributed by atoms with Crippen LogP contribution in [0.15, 0.2) is 60.7 Å². The molecule has 0 fully saturated rings. The van der Waals surface area contributed by atoms with Crippen molar-refractivity contribution in [3.05, 3.63) is 60.7 Å². The van der Waals surface area contributed by atoms with Crippen LogP contribution in [0.1, 0.15) is 40.5 Å². The number of hydrogen-bond acceptors (Lipinski definition) is 5. The number of amides is 1. The zero-order chi connectivity index (χ0) is 22.1. The zero-order valence-corrected chi connectivity index (χ0v) is 19.0. The number of nitrogens with one attached hydrogen (secondary N) is 1. The van der Waals surface area contributed by atoms with Crippen LogP contribution in [0, 0.1) is 11.8 Å². The summed E-state index contributed by atoms with van der Waals surface area (Å²) in [6.07, 6.45) is 1.44. The highest BCUT2D eigenvalue weighted by molar-refractivity contribution is 7.55. The van der Waals surface area contributed by atoms with Crippen LogP contribution in [0.2, 0.25) is 0 Å². The lowest BCUT2D eigenvalue weighted by molar-refractivity contribution is -0.124. The molecule has 3 N–H and O–H groups in total. The number of para-hydroxylation sites is 2. The van der Waals surface area contributed by atoms with Crippen LogP contribution in [0.5, 0.6) is 11.5 Å². The molecule has 0 saturated carbocycles. The molecule has 0 bridgehead atoms. The van der Waals surface area contributed by atoms with Crippen molar-refractivity contribution < 1.29 is 18.4 Å². The summed E-state index contributed by atoms with van der Waals surface area (Å²) < 4.78 is 26.0. The molecule has 4 atom stereocenters. The van der Waals surface area contributed by atoms with Gasteiger partial charge in [0.15, 0.2) is 5.78 Å². The first-order valence-corrected chi connectivity index (χ1v) is 12.1. The number of benzene rings is 2. The summed E-state index contributed by atoms with van der Waals surface area (Å²) in [5.41, 5.74) is 6.13. The van der Waals surface area contributed by atoms with Crippen LogP contribution in [0.25, 0.3) is 0 Å². The quantitative estimate of drug-likeness (QED) is 0.476. The Hall–Kier alpha value is -2.30. The normalized spacial score (nSPS) is 15.5. The lowest BCUT2D eigenvalue weighted by Crippen LogP contribution is -2.50. The van der Waals surface area contributed by atoms with Crippen LogP contribution in [0.3, 0.4) is 0 Å². The molecule has 1 amide bonds. The summed E-state index contributed by atoms with van der Waals surface area (Å²) in [4.78, 5) is 12.9. The molecule has 6 nitrogen and oxygen atoms in total. The smallest absolute Gasteiger partial charge is 0.415 e. The Kier molecular flexibility index (Phi) is 8.94. The van der Waals surface area contributed by atoms with Crippen molar-refractivity contribution in [3.63, 3.8) is 0 Å². The topological polar surface area (TPSA) is 90.7 Å². The molecule has 0 spiro atoms. The lowest BCUT2D eigenvalue weighted by Gasteiger charge is -2.32. The average Bonchev–Trinajstić information content (AvgIpc) is 2.76. The molecular formula is C23H33N2O4P. The number of carbonyl (C=O) groups excluding carboxylic acids is 1. The van der Waals surface area contributed by atoms with E-state index in [1.807, 2.05) is 39.8 Å². The van der Waals surface area contributed by atoms with E-state index in [0.717, 1.165) is 6.42 Å². The second kappa shape index (κ2) is 11.2. The monoisotopic (exact) mass is 432 g/mol. The Morgan fingerprint density at radius 1 is 0.900 bits per heavy atom. The maximum absolute atomic E-state index is 14.2. The van der Waals surface area contributed by atoms with E-state index in [0.29, 0.717) is 17.9 Å². The summed E-state index contributed by atoms with van der Waals surface area (Å²) in [5, 5.41) is 2.89. The summed E-state index contributed by atoms with van der Waals surface area (Å²) in [6.45, 7) is 7.78. The maximum Gasteiger partial charge on any atom is 0.453 e. The van der Waals surface area contributed by atoms with E-state index >= 15 is 0 Å². The van der Waals surface area contributed by atoms with Gasteiger partial charge in [0.2, 0.25) is 5.91 Å². The largest absolute Gasteiger partial charge is 0.453 e. The molecule has 2 aromatic rings. The van der Waals surface area contributed by atoms with Gasteiger partial charge in [0.05, 0.1) is 6.04 Å². The van der Waals surface area contributed by atoms with Gasteiger partial charge < -0.3 is 20.1 Å². The van der Waals surface area contributed by atoms with E-state index in [4.69, 9.17) is 14.8 Å². The van der Waals surface area contributed by atoms with Gasteiger partial charge in [-0.2, -0.15) is 0 Å². The molecule has 2 rings (SSSR count).